The molecule has 2 aromatic rings. The van der Waals surface area contributed by atoms with Gasteiger partial charge in [0.1, 0.15) is 11.6 Å². The van der Waals surface area contributed by atoms with Crippen molar-refractivity contribution < 1.29 is 19.2 Å². The number of phenols is 1. The zero-order chi connectivity index (χ0) is 17.1. The molecule has 0 fully saturated rings. The smallest absolute Gasteiger partial charge is 0.323 e. The van der Waals surface area contributed by atoms with Crippen molar-refractivity contribution in [3.05, 3.63) is 56.8 Å². The second-order valence-corrected chi connectivity index (χ2v) is 4.98. The molecule has 0 spiro atoms. The fraction of sp³-hybridized carbons (Fsp3) is 0.0714. The number of phenolic OH excluding ortho intramolecular Hbond substituents is 1. The molecule has 23 heavy (non-hydrogen) atoms. The number of amides is 2. The molecular weight excluding hydrogens is 329 g/mol. The van der Waals surface area contributed by atoms with Crippen LogP contribution in [0.5, 0.6) is 5.75 Å². The van der Waals surface area contributed by atoms with Gasteiger partial charge in [-0.15, -0.1) is 0 Å². The van der Waals surface area contributed by atoms with Gasteiger partial charge < -0.3 is 15.7 Å². The second kappa shape index (κ2) is 6.49. The van der Waals surface area contributed by atoms with E-state index in [0.717, 1.165) is 12.1 Å². The van der Waals surface area contributed by atoms with Gasteiger partial charge >= 0.3 is 6.03 Å². The summed E-state index contributed by atoms with van der Waals surface area (Å²) in [7, 11) is 0. The number of carbonyl (C=O) groups is 1. The van der Waals surface area contributed by atoms with Crippen LogP contribution in [-0.2, 0) is 0 Å². The first-order valence-electron chi connectivity index (χ1n) is 6.29. The van der Waals surface area contributed by atoms with Crippen molar-refractivity contribution in [2.75, 3.05) is 10.6 Å². The van der Waals surface area contributed by atoms with Crippen LogP contribution in [0.1, 0.15) is 5.56 Å². The number of carbonyl (C=O) groups excluding carboxylic acids is 1. The Morgan fingerprint density at radius 2 is 2.00 bits per heavy atom. The summed E-state index contributed by atoms with van der Waals surface area (Å²) >= 11 is 5.71. The number of urea groups is 1. The summed E-state index contributed by atoms with van der Waals surface area (Å²) in [4.78, 5) is 22.1. The van der Waals surface area contributed by atoms with E-state index in [9.17, 15) is 24.4 Å². The van der Waals surface area contributed by atoms with Gasteiger partial charge in [-0.3, -0.25) is 10.1 Å². The molecule has 0 saturated heterocycles. The number of anilines is 2. The summed E-state index contributed by atoms with van der Waals surface area (Å²) in [6.07, 6.45) is 0. The maximum absolute atomic E-state index is 13.8. The molecule has 0 heterocycles. The lowest BCUT2D eigenvalue weighted by atomic mass is 10.1. The second-order valence-electron chi connectivity index (χ2n) is 4.57. The van der Waals surface area contributed by atoms with Gasteiger partial charge in [0, 0.05) is 11.8 Å². The van der Waals surface area contributed by atoms with Gasteiger partial charge in [0.15, 0.2) is 0 Å². The largest absolute Gasteiger partial charge is 0.506 e. The third-order valence-corrected chi connectivity index (χ3v) is 3.33. The van der Waals surface area contributed by atoms with Gasteiger partial charge in [0.25, 0.3) is 5.69 Å². The zero-order valence-electron chi connectivity index (χ0n) is 11.8. The highest BCUT2D eigenvalue weighted by atomic mass is 35.5. The highest BCUT2D eigenvalue weighted by Crippen LogP contribution is 2.29. The first-order valence-corrected chi connectivity index (χ1v) is 6.67. The SMILES string of the molecule is Cc1c([N+](=O)[O-])ccc(F)c1NC(=O)Nc1ccc(O)c(Cl)c1. The number of hydrogen-bond donors (Lipinski definition) is 3. The molecule has 0 atom stereocenters. The maximum atomic E-state index is 13.8. The molecule has 2 aromatic carbocycles. The summed E-state index contributed by atoms with van der Waals surface area (Å²) < 4.78 is 13.8. The van der Waals surface area contributed by atoms with Gasteiger partial charge in [-0.1, -0.05) is 11.6 Å². The molecule has 7 nitrogen and oxygen atoms in total. The Morgan fingerprint density at radius 3 is 2.61 bits per heavy atom. The van der Waals surface area contributed by atoms with E-state index in [1.54, 1.807) is 0 Å². The standard InChI is InChI=1S/C14H11ClFN3O4/c1-7-11(19(22)23)4-3-10(16)13(7)18-14(21)17-8-2-5-12(20)9(15)6-8/h2-6,20H,1H3,(H2,17,18,21). The van der Waals surface area contributed by atoms with Crippen molar-refractivity contribution in [1.29, 1.82) is 0 Å². The topological polar surface area (TPSA) is 105 Å². The Labute approximate surface area is 134 Å². The monoisotopic (exact) mass is 339 g/mol. The van der Waals surface area contributed by atoms with Crippen molar-refractivity contribution in [2.45, 2.75) is 6.92 Å². The molecule has 3 N–H and O–H groups in total. The van der Waals surface area contributed by atoms with E-state index in [2.05, 4.69) is 10.6 Å². The molecule has 9 heteroatoms. The number of halogens is 2. The van der Waals surface area contributed by atoms with E-state index in [1.807, 2.05) is 0 Å². The minimum atomic E-state index is -0.811. The molecule has 2 amide bonds. The van der Waals surface area contributed by atoms with Gasteiger partial charge in [0.05, 0.1) is 21.2 Å². The average Bonchev–Trinajstić information content (AvgIpc) is 2.47. The summed E-state index contributed by atoms with van der Waals surface area (Å²) in [5, 5.41) is 24.8. The van der Waals surface area contributed by atoms with Crippen LogP contribution in [0.15, 0.2) is 30.3 Å². The number of nitrogens with one attached hydrogen (secondary N) is 2. The van der Waals surface area contributed by atoms with Gasteiger partial charge in [-0.25, -0.2) is 9.18 Å². The van der Waals surface area contributed by atoms with Gasteiger partial charge in [-0.2, -0.15) is 0 Å². The van der Waals surface area contributed by atoms with E-state index in [0.29, 0.717) is 0 Å². The quantitative estimate of drug-likeness (QED) is 0.445. The number of aromatic hydroxyl groups is 1. The van der Waals surface area contributed by atoms with Crippen molar-refractivity contribution in [3.8, 4) is 5.75 Å². The Hall–Kier alpha value is -2.87. The van der Waals surface area contributed by atoms with Crippen molar-refractivity contribution in [2.24, 2.45) is 0 Å². The van der Waals surface area contributed by atoms with Crippen LogP contribution in [0.2, 0.25) is 5.02 Å². The Kier molecular flexibility index (Phi) is 4.65. The number of nitro benzene ring substituents is 1. The number of nitrogens with zero attached hydrogens (tertiary/aromatic N) is 1. The molecule has 0 aliphatic carbocycles. The molecule has 0 aromatic heterocycles. The Bertz CT molecular complexity index is 798. The lowest BCUT2D eigenvalue weighted by Gasteiger charge is -2.11. The molecule has 2 rings (SSSR count). The molecule has 0 aliphatic heterocycles. The molecule has 0 radical (unpaired) electrons. The van der Waals surface area contributed by atoms with Crippen LogP contribution in [0.3, 0.4) is 0 Å². The van der Waals surface area contributed by atoms with E-state index in [-0.39, 0.29) is 33.4 Å². The highest BCUT2D eigenvalue weighted by Gasteiger charge is 2.19. The van der Waals surface area contributed by atoms with E-state index in [4.69, 9.17) is 11.6 Å². The summed E-state index contributed by atoms with van der Waals surface area (Å²) in [6.45, 7) is 1.33. The summed E-state index contributed by atoms with van der Waals surface area (Å²) in [5.41, 5.74) is -0.348. The maximum Gasteiger partial charge on any atom is 0.323 e. The third-order valence-electron chi connectivity index (χ3n) is 3.03. The van der Waals surface area contributed by atoms with Crippen LogP contribution < -0.4 is 10.6 Å². The molecule has 0 aliphatic rings. The lowest BCUT2D eigenvalue weighted by Crippen LogP contribution is -2.21. The minimum absolute atomic E-state index is 0.00566. The van der Waals surface area contributed by atoms with Crippen LogP contribution in [0.25, 0.3) is 0 Å². The van der Waals surface area contributed by atoms with Crippen molar-refractivity contribution in [1.82, 2.24) is 0 Å². The highest BCUT2D eigenvalue weighted by molar-refractivity contribution is 6.32. The first kappa shape index (κ1) is 16.5. The number of rotatable bonds is 3. The Balaban J connectivity index is 2.21. The molecule has 0 unspecified atom stereocenters. The average molecular weight is 340 g/mol. The Morgan fingerprint density at radius 1 is 1.30 bits per heavy atom. The predicted molar refractivity (Wildman–Crippen MR) is 83.5 cm³/mol. The molecule has 0 bridgehead atoms. The molecule has 0 saturated carbocycles. The summed E-state index contributed by atoms with van der Waals surface area (Å²) in [6, 6.07) is 5.07. The van der Waals surface area contributed by atoms with Gasteiger partial charge in [0.2, 0.25) is 0 Å². The third kappa shape index (κ3) is 3.67. The molecule has 120 valence electrons. The summed E-state index contributed by atoms with van der Waals surface area (Å²) in [5.74, 6) is -0.954. The normalized spacial score (nSPS) is 10.2. The predicted octanol–water partition coefficient (Wildman–Crippen LogP) is 4.05. The van der Waals surface area contributed by atoms with Crippen molar-refractivity contribution >= 4 is 34.7 Å². The van der Waals surface area contributed by atoms with Crippen LogP contribution in [0, 0.1) is 22.9 Å². The minimum Gasteiger partial charge on any atom is -0.506 e. The van der Waals surface area contributed by atoms with Crippen LogP contribution in [0.4, 0.5) is 26.2 Å². The van der Waals surface area contributed by atoms with Gasteiger partial charge in [-0.05, 0) is 31.2 Å². The first-order chi connectivity index (χ1) is 10.8. The zero-order valence-corrected chi connectivity index (χ0v) is 12.5. The number of benzene rings is 2. The fourth-order valence-electron chi connectivity index (χ4n) is 1.88. The number of nitro groups is 1. The molecular formula is C14H11ClFN3O4. The number of hydrogen-bond acceptors (Lipinski definition) is 4. The van der Waals surface area contributed by atoms with E-state index in [1.165, 1.54) is 25.1 Å². The van der Waals surface area contributed by atoms with Crippen LogP contribution >= 0.6 is 11.6 Å². The van der Waals surface area contributed by atoms with Crippen LogP contribution in [-0.4, -0.2) is 16.1 Å². The van der Waals surface area contributed by atoms with E-state index >= 15 is 0 Å². The van der Waals surface area contributed by atoms with E-state index < -0.39 is 16.8 Å². The fourth-order valence-corrected chi connectivity index (χ4v) is 2.06. The van der Waals surface area contributed by atoms with Crippen molar-refractivity contribution in [3.63, 3.8) is 0 Å². The lowest BCUT2D eigenvalue weighted by molar-refractivity contribution is -0.385.